The Labute approximate surface area is 131 Å². The van der Waals surface area contributed by atoms with E-state index >= 15 is 0 Å². The highest BCUT2D eigenvalue weighted by molar-refractivity contribution is 5.57. The van der Waals surface area contributed by atoms with Crippen molar-refractivity contribution in [3.63, 3.8) is 0 Å². The average Bonchev–Trinajstić information content (AvgIpc) is 3.02. The molecule has 1 heterocycles. The van der Waals surface area contributed by atoms with E-state index in [2.05, 4.69) is 10.2 Å². The van der Waals surface area contributed by atoms with Gasteiger partial charge in [-0.05, 0) is 30.7 Å². The molecule has 0 aliphatic heterocycles. The molecule has 0 atom stereocenters. The first kappa shape index (κ1) is 14.7. The molecule has 23 heavy (non-hydrogen) atoms. The summed E-state index contributed by atoms with van der Waals surface area (Å²) in [5.74, 6) is 1.26. The van der Waals surface area contributed by atoms with Crippen LogP contribution in [-0.4, -0.2) is 15.1 Å². The highest BCUT2D eigenvalue weighted by Crippen LogP contribution is 2.22. The van der Waals surface area contributed by atoms with Gasteiger partial charge in [0.15, 0.2) is 6.61 Å². The lowest BCUT2D eigenvalue weighted by Crippen LogP contribution is -1.96. The number of nitro groups is 1. The number of hydrogen-bond acceptors (Lipinski definition) is 6. The molecular weight excluding hydrogens is 298 g/mol. The number of rotatable bonds is 5. The predicted octanol–water partition coefficient (Wildman–Crippen LogP) is 3.53. The number of nitrogens with zero attached hydrogens (tertiary/aromatic N) is 3. The summed E-state index contributed by atoms with van der Waals surface area (Å²) >= 11 is 0. The van der Waals surface area contributed by atoms with Crippen LogP contribution in [0.2, 0.25) is 0 Å². The summed E-state index contributed by atoms with van der Waals surface area (Å²) in [6.07, 6.45) is 0. The topological polar surface area (TPSA) is 91.3 Å². The second kappa shape index (κ2) is 6.27. The van der Waals surface area contributed by atoms with Gasteiger partial charge in [-0.3, -0.25) is 10.1 Å². The van der Waals surface area contributed by atoms with Crippen LogP contribution < -0.4 is 4.74 Å². The quantitative estimate of drug-likeness (QED) is 0.528. The van der Waals surface area contributed by atoms with Gasteiger partial charge in [0, 0.05) is 17.7 Å². The molecule has 0 aliphatic rings. The number of benzene rings is 2. The molecule has 0 aliphatic carbocycles. The van der Waals surface area contributed by atoms with Crippen LogP contribution in [0.3, 0.4) is 0 Å². The van der Waals surface area contributed by atoms with E-state index in [-0.39, 0.29) is 12.3 Å². The van der Waals surface area contributed by atoms with Crippen molar-refractivity contribution in [2.75, 3.05) is 0 Å². The van der Waals surface area contributed by atoms with Gasteiger partial charge in [-0.2, -0.15) is 0 Å². The van der Waals surface area contributed by atoms with Crippen molar-refractivity contribution in [3.05, 3.63) is 70.1 Å². The lowest BCUT2D eigenvalue weighted by Gasteiger charge is -2.02. The largest absolute Gasteiger partial charge is 0.484 e. The lowest BCUT2D eigenvalue weighted by molar-refractivity contribution is -0.384. The van der Waals surface area contributed by atoms with Crippen LogP contribution in [0.4, 0.5) is 5.69 Å². The first-order chi connectivity index (χ1) is 11.1. The second-order valence-electron chi connectivity index (χ2n) is 4.86. The Kier molecular flexibility index (Phi) is 4.01. The minimum atomic E-state index is -0.462. The first-order valence-electron chi connectivity index (χ1n) is 6.89. The molecule has 0 N–H and O–H groups in total. The average molecular weight is 311 g/mol. The molecule has 0 amide bonds. The maximum atomic E-state index is 10.6. The van der Waals surface area contributed by atoms with Crippen LogP contribution in [0, 0.1) is 17.0 Å². The van der Waals surface area contributed by atoms with Gasteiger partial charge in [-0.15, -0.1) is 10.2 Å². The van der Waals surface area contributed by atoms with Crippen molar-refractivity contribution in [2.45, 2.75) is 13.5 Å². The summed E-state index contributed by atoms with van der Waals surface area (Å²) in [5, 5.41) is 18.5. The van der Waals surface area contributed by atoms with Crippen LogP contribution in [-0.2, 0) is 6.61 Å². The Bertz CT molecular complexity index is 827. The molecule has 0 saturated carbocycles. The van der Waals surface area contributed by atoms with Gasteiger partial charge in [-0.1, -0.05) is 18.2 Å². The third-order valence-corrected chi connectivity index (χ3v) is 3.25. The lowest BCUT2D eigenvalue weighted by atomic mass is 10.1. The maximum absolute atomic E-state index is 10.6. The molecule has 0 spiro atoms. The highest BCUT2D eigenvalue weighted by Gasteiger charge is 2.11. The number of non-ortho nitro benzene ring substituents is 1. The Morgan fingerprint density at radius 3 is 2.57 bits per heavy atom. The van der Waals surface area contributed by atoms with Crippen LogP contribution in [0.1, 0.15) is 11.5 Å². The van der Waals surface area contributed by atoms with E-state index in [0.717, 1.165) is 11.1 Å². The fraction of sp³-hybridized carbons (Fsp3) is 0.125. The van der Waals surface area contributed by atoms with E-state index < -0.39 is 4.92 Å². The predicted molar refractivity (Wildman–Crippen MR) is 81.9 cm³/mol. The molecule has 0 bridgehead atoms. The van der Waals surface area contributed by atoms with Gasteiger partial charge >= 0.3 is 0 Å². The molecule has 0 fully saturated rings. The van der Waals surface area contributed by atoms with Gasteiger partial charge in [0.05, 0.1) is 4.92 Å². The fourth-order valence-electron chi connectivity index (χ4n) is 2.04. The van der Waals surface area contributed by atoms with Crippen molar-refractivity contribution in [2.24, 2.45) is 0 Å². The Balaban J connectivity index is 1.68. The summed E-state index contributed by atoms with van der Waals surface area (Å²) in [7, 11) is 0. The zero-order valence-electron chi connectivity index (χ0n) is 12.3. The van der Waals surface area contributed by atoms with E-state index in [1.54, 1.807) is 0 Å². The van der Waals surface area contributed by atoms with E-state index in [9.17, 15) is 10.1 Å². The summed E-state index contributed by atoms with van der Waals surface area (Å²) in [6.45, 7) is 2.06. The number of aryl methyl sites for hydroxylation is 1. The zero-order valence-corrected chi connectivity index (χ0v) is 12.3. The maximum Gasteiger partial charge on any atom is 0.269 e. The molecule has 3 aromatic rings. The number of hydrogen-bond donors (Lipinski definition) is 0. The normalized spacial score (nSPS) is 10.5. The highest BCUT2D eigenvalue weighted by atomic mass is 16.6. The smallest absolute Gasteiger partial charge is 0.269 e. The Morgan fingerprint density at radius 2 is 1.87 bits per heavy atom. The van der Waals surface area contributed by atoms with Gasteiger partial charge in [0.1, 0.15) is 5.75 Å². The minimum Gasteiger partial charge on any atom is -0.484 e. The standard InChI is InChI=1S/C16H13N3O4/c1-11-4-2-3-5-14(11)16-18-17-15(23-16)10-22-13-8-6-12(7-9-13)19(20)21/h2-9H,10H2,1H3. The molecule has 2 aromatic carbocycles. The van der Waals surface area contributed by atoms with Crippen LogP contribution in [0.15, 0.2) is 52.9 Å². The Hall–Kier alpha value is -3.22. The summed E-state index contributed by atoms with van der Waals surface area (Å²) < 4.78 is 11.1. The number of nitro benzene ring substituents is 1. The van der Waals surface area contributed by atoms with Crippen molar-refractivity contribution >= 4 is 5.69 Å². The monoisotopic (exact) mass is 311 g/mol. The number of aromatic nitrogens is 2. The van der Waals surface area contributed by atoms with Gasteiger partial charge in [0.2, 0.25) is 5.89 Å². The molecule has 0 unspecified atom stereocenters. The Morgan fingerprint density at radius 1 is 1.13 bits per heavy atom. The van der Waals surface area contributed by atoms with Crippen LogP contribution in [0.25, 0.3) is 11.5 Å². The molecule has 0 saturated heterocycles. The second-order valence-corrected chi connectivity index (χ2v) is 4.86. The van der Waals surface area contributed by atoms with Gasteiger partial charge in [0.25, 0.3) is 11.6 Å². The van der Waals surface area contributed by atoms with E-state index in [1.165, 1.54) is 24.3 Å². The van der Waals surface area contributed by atoms with E-state index in [1.807, 2.05) is 31.2 Å². The SMILES string of the molecule is Cc1ccccc1-c1nnc(COc2ccc([N+](=O)[O-])cc2)o1. The molecular formula is C16H13N3O4. The molecule has 7 heteroatoms. The van der Waals surface area contributed by atoms with E-state index in [0.29, 0.717) is 17.5 Å². The number of ether oxygens (including phenoxy) is 1. The molecule has 7 nitrogen and oxygen atoms in total. The van der Waals surface area contributed by atoms with Gasteiger partial charge in [-0.25, -0.2) is 0 Å². The molecule has 3 rings (SSSR count). The van der Waals surface area contributed by atoms with Crippen molar-refractivity contribution < 1.29 is 14.1 Å². The van der Waals surface area contributed by atoms with Gasteiger partial charge < -0.3 is 9.15 Å². The van der Waals surface area contributed by atoms with Crippen LogP contribution in [0.5, 0.6) is 5.75 Å². The van der Waals surface area contributed by atoms with E-state index in [4.69, 9.17) is 9.15 Å². The van der Waals surface area contributed by atoms with Crippen molar-refractivity contribution in [3.8, 4) is 17.2 Å². The van der Waals surface area contributed by atoms with Crippen molar-refractivity contribution in [1.29, 1.82) is 0 Å². The third-order valence-electron chi connectivity index (χ3n) is 3.25. The molecule has 116 valence electrons. The first-order valence-corrected chi connectivity index (χ1v) is 6.89. The van der Waals surface area contributed by atoms with Crippen LogP contribution >= 0.6 is 0 Å². The zero-order chi connectivity index (χ0) is 16.2. The third kappa shape index (κ3) is 3.34. The van der Waals surface area contributed by atoms with Crippen molar-refractivity contribution in [1.82, 2.24) is 10.2 Å². The molecule has 1 aromatic heterocycles. The minimum absolute atomic E-state index is 0.0111. The summed E-state index contributed by atoms with van der Waals surface area (Å²) in [5.41, 5.74) is 1.93. The molecule has 0 radical (unpaired) electrons. The summed E-state index contributed by atoms with van der Waals surface area (Å²) in [6, 6.07) is 13.5. The summed E-state index contributed by atoms with van der Waals surface area (Å²) in [4.78, 5) is 10.1. The fourth-order valence-corrected chi connectivity index (χ4v) is 2.04.